The van der Waals surface area contributed by atoms with Crippen LogP contribution in [-0.4, -0.2) is 29.1 Å². The topological polar surface area (TPSA) is 56.3 Å². The molecule has 0 saturated carbocycles. The van der Waals surface area contributed by atoms with E-state index in [2.05, 4.69) is 4.98 Å². The molecule has 4 nitrogen and oxygen atoms in total. The number of aliphatic hydroxyl groups is 1. The summed E-state index contributed by atoms with van der Waals surface area (Å²) < 4.78 is 0. The molecule has 2 rings (SSSR count). The van der Waals surface area contributed by atoms with Crippen LogP contribution in [0.15, 0.2) is 24.3 Å². The molecule has 0 bridgehead atoms. The number of aryl methyl sites for hydroxylation is 1. The minimum absolute atomic E-state index is 0.308. The number of hydrogen-bond donors (Lipinski definition) is 2. The van der Waals surface area contributed by atoms with E-state index in [-0.39, 0.29) is 5.91 Å². The Morgan fingerprint density at radius 3 is 2.71 bits per heavy atom. The second kappa shape index (κ2) is 4.22. The van der Waals surface area contributed by atoms with Crippen LogP contribution in [0.1, 0.15) is 12.6 Å². The lowest BCUT2D eigenvalue weighted by molar-refractivity contribution is -0.125. The van der Waals surface area contributed by atoms with Crippen LogP contribution >= 0.6 is 0 Å². The van der Waals surface area contributed by atoms with Crippen molar-refractivity contribution in [1.82, 2.24) is 4.98 Å². The van der Waals surface area contributed by atoms with Crippen molar-refractivity contribution in [2.75, 3.05) is 11.9 Å². The predicted octanol–water partition coefficient (Wildman–Crippen LogP) is 1.82. The van der Waals surface area contributed by atoms with Gasteiger partial charge in [-0.25, -0.2) is 0 Å². The Balaban J connectivity index is 2.55. The van der Waals surface area contributed by atoms with E-state index in [1.807, 2.05) is 31.2 Å². The summed E-state index contributed by atoms with van der Waals surface area (Å²) in [6, 6.07) is 7.80. The number of likely N-dealkylation sites (N-methyl/N-ethyl adjacent to an activating group) is 1. The number of hydrogen-bond acceptors (Lipinski definition) is 2. The Bertz CT molecular complexity index is 558. The molecule has 1 atom stereocenters. The van der Waals surface area contributed by atoms with E-state index >= 15 is 0 Å². The molecular formula is C13H16N2O2. The molecule has 1 aromatic heterocycles. The van der Waals surface area contributed by atoms with Gasteiger partial charge in [-0.05, 0) is 19.9 Å². The van der Waals surface area contributed by atoms with Crippen LogP contribution < -0.4 is 4.90 Å². The number of benzene rings is 1. The van der Waals surface area contributed by atoms with E-state index < -0.39 is 6.10 Å². The molecule has 4 heteroatoms. The number of nitrogens with one attached hydrogen (secondary N) is 1. The Morgan fingerprint density at radius 2 is 2.06 bits per heavy atom. The Kier molecular flexibility index (Phi) is 2.90. The van der Waals surface area contributed by atoms with E-state index in [9.17, 15) is 9.90 Å². The minimum Gasteiger partial charge on any atom is -0.384 e. The van der Waals surface area contributed by atoms with Crippen LogP contribution in [0.2, 0.25) is 0 Å². The first-order valence-electron chi connectivity index (χ1n) is 5.55. The van der Waals surface area contributed by atoms with Crippen molar-refractivity contribution in [3.05, 3.63) is 30.0 Å². The highest BCUT2D eigenvalue weighted by Gasteiger charge is 2.20. The number of aliphatic hydroxyl groups excluding tert-OH is 1. The van der Waals surface area contributed by atoms with E-state index in [1.165, 1.54) is 11.8 Å². The fourth-order valence-corrected chi connectivity index (χ4v) is 2.08. The molecule has 0 aliphatic carbocycles. The maximum Gasteiger partial charge on any atom is 0.255 e. The Morgan fingerprint density at radius 1 is 1.41 bits per heavy atom. The molecule has 1 aromatic carbocycles. The summed E-state index contributed by atoms with van der Waals surface area (Å²) in [5.74, 6) is -0.308. The largest absolute Gasteiger partial charge is 0.384 e. The van der Waals surface area contributed by atoms with E-state index in [1.54, 1.807) is 7.05 Å². The third kappa shape index (κ3) is 1.91. The van der Waals surface area contributed by atoms with Crippen LogP contribution in [0, 0.1) is 6.92 Å². The maximum atomic E-state index is 11.8. The average Bonchev–Trinajstić information content (AvgIpc) is 2.62. The lowest BCUT2D eigenvalue weighted by Gasteiger charge is -2.19. The van der Waals surface area contributed by atoms with Crippen molar-refractivity contribution < 1.29 is 9.90 Å². The van der Waals surface area contributed by atoms with Crippen LogP contribution in [0.4, 0.5) is 5.69 Å². The number of nitrogens with zero attached hydrogens (tertiary/aromatic N) is 1. The summed E-state index contributed by atoms with van der Waals surface area (Å²) in [4.78, 5) is 16.5. The van der Waals surface area contributed by atoms with Gasteiger partial charge in [0, 0.05) is 23.6 Å². The van der Waals surface area contributed by atoms with Crippen molar-refractivity contribution in [3.8, 4) is 0 Å². The normalized spacial score (nSPS) is 12.7. The molecule has 0 spiro atoms. The van der Waals surface area contributed by atoms with Gasteiger partial charge in [-0.2, -0.15) is 0 Å². The summed E-state index contributed by atoms with van der Waals surface area (Å²) >= 11 is 0. The lowest BCUT2D eigenvalue weighted by Crippen LogP contribution is -2.34. The highest BCUT2D eigenvalue weighted by molar-refractivity contribution is 6.05. The first-order chi connectivity index (χ1) is 8.02. The van der Waals surface area contributed by atoms with Gasteiger partial charge in [0.15, 0.2) is 0 Å². The summed E-state index contributed by atoms with van der Waals surface area (Å²) in [6.07, 6.45) is -0.993. The summed E-state index contributed by atoms with van der Waals surface area (Å²) in [6.45, 7) is 3.39. The van der Waals surface area contributed by atoms with Gasteiger partial charge in [0.2, 0.25) is 0 Å². The van der Waals surface area contributed by atoms with Crippen LogP contribution in [0.25, 0.3) is 10.9 Å². The molecule has 1 unspecified atom stereocenters. The number of fused-ring (bicyclic) bond motifs is 1. The van der Waals surface area contributed by atoms with E-state index in [0.717, 1.165) is 22.3 Å². The van der Waals surface area contributed by atoms with E-state index in [0.29, 0.717) is 0 Å². The third-order valence-corrected chi connectivity index (χ3v) is 2.88. The smallest absolute Gasteiger partial charge is 0.255 e. The molecule has 0 fully saturated rings. The number of para-hydroxylation sites is 1. The fourth-order valence-electron chi connectivity index (χ4n) is 2.08. The molecule has 0 aliphatic heterocycles. The third-order valence-electron chi connectivity index (χ3n) is 2.88. The predicted molar refractivity (Wildman–Crippen MR) is 68.1 cm³/mol. The van der Waals surface area contributed by atoms with Crippen molar-refractivity contribution in [1.29, 1.82) is 0 Å². The van der Waals surface area contributed by atoms with Crippen LogP contribution in [-0.2, 0) is 4.79 Å². The number of rotatable bonds is 2. The maximum absolute atomic E-state index is 11.8. The van der Waals surface area contributed by atoms with Crippen LogP contribution in [0.5, 0.6) is 0 Å². The standard InChI is InChI=1S/C13H16N2O2/c1-8-12(15(3)13(17)9(2)16)10-6-4-5-7-11(10)14-8/h4-7,9,14,16H,1-3H3. The van der Waals surface area contributed by atoms with Gasteiger partial charge in [0.05, 0.1) is 5.69 Å². The lowest BCUT2D eigenvalue weighted by atomic mass is 10.2. The minimum atomic E-state index is -0.993. The molecular weight excluding hydrogens is 216 g/mol. The van der Waals surface area contributed by atoms with Gasteiger partial charge in [-0.15, -0.1) is 0 Å². The quantitative estimate of drug-likeness (QED) is 0.829. The first-order valence-corrected chi connectivity index (χ1v) is 5.55. The van der Waals surface area contributed by atoms with E-state index in [4.69, 9.17) is 0 Å². The van der Waals surface area contributed by atoms with Gasteiger partial charge >= 0.3 is 0 Å². The van der Waals surface area contributed by atoms with Gasteiger partial charge in [-0.3, -0.25) is 4.79 Å². The Hall–Kier alpha value is -1.81. The zero-order valence-electron chi connectivity index (χ0n) is 10.2. The van der Waals surface area contributed by atoms with Gasteiger partial charge in [0.1, 0.15) is 6.10 Å². The van der Waals surface area contributed by atoms with Crippen molar-refractivity contribution >= 4 is 22.5 Å². The fraction of sp³-hybridized carbons (Fsp3) is 0.308. The molecule has 0 saturated heterocycles. The van der Waals surface area contributed by atoms with Gasteiger partial charge in [0.25, 0.3) is 5.91 Å². The van der Waals surface area contributed by atoms with Crippen LogP contribution in [0.3, 0.4) is 0 Å². The zero-order chi connectivity index (χ0) is 12.6. The molecule has 1 amide bonds. The highest BCUT2D eigenvalue weighted by atomic mass is 16.3. The summed E-state index contributed by atoms with van der Waals surface area (Å²) in [7, 11) is 1.68. The van der Waals surface area contributed by atoms with Crippen molar-refractivity contribution in [3.63, 3.8) is 0 Å². The number of aromatic nitrogens is 1. The zero-order valence-corrected chi connectivity index (χ0v) is 10.2. The van der Waals surface area contributed by atoms with Gasteiger partial charge < -0.3 is 15.0 Å². The average molecular weight is 232 g/mol. The molecule has 2 N–H and O–H groups in total. The van der Waals surface area contributed by atoms with Crippen molar-refractivity contribution in [2.24, 2.45) is 0 Å². The second-order valence-corrected chi connectivity index (χ2v) is 4.22. The number of H-pyrrole nitrogens is 1. The molecule has 0 aliphatic rings. The summed E-state index contributed by atoms with van der Waals surface area (Å²) in [5, 5.41) is 10.3. The number of amides is 1. The molecule has 0 radical (unpaired) electrons. The molecule has 2 aromatic rings. The molecule has 1 heterocycles. The summed E-state index contributed by atoms with van der Waals surface area (Å²) in [5.41, 5.74) is 2.74. The number of carbonyl (C=O) groups is 1. The number of anilines is 1. The molecule has 90 valence electrons. The first kappa shape index (κ1) is 11.7. The highest BCUT2D eigenvalue weighted by Crippen LogP contribution is 2.30. The SMILES string of the molecule is Cc1[nH]c2ccccc2c1N(C)C(=O)C(C)O. The number of carbonyl (C=O) groups excluding carboxylic acids is 1. The Labute approximate surface area is 99.9 Å². The van der Waals surface area contributed by atoms with Gasteiger partial charge in [-0.1, -0.05) is 18.2 Å². The monoisotopic (exact) mass is 232 g/mol. The number of aromatic amines is 1. The second-order valence-electron chi connectivity index (χ2n) is 4.22. The van der Waals surface area contributed by atoms with Crippen molar-refractivity contribution in [2.45, 2.75) is 20.0 Å². The molecule has 17 heavy (non-hydrogen) atoms.